The Labute approximate surface area is 156 Å². The molecule has 0 bridgehead atoms. The Balaban J connectivity index is 1.67. The van der Waals surface area contributed by atoms with Crippen molar-refractivity contribution in [2.75, 3.05) is 13.1 Å². The first kappa shape index (κ1) is 18.6. The van der Waals surface area contributed by atoms with Crippen LogP contribution in [0.25, 0.3) is 0 Å². The van der Waals surface area contributed by atoms with Gasteiger partial charge in [0.2, 0.25) is 5.89 Å². The van der Waals surface area contributed by atoms with E-state index in [4.69, 9.17) is 4.42 Å². The van der Waals surface area contributed by atoms with Crippen LogP contribution in [0.4, 0.5) is 0 Å². The van der Waals surface area contributed by atoms with Gasteiger partial charge in [-0.05, 0) is 51.2 Å². The number of amides is 1. The molecule has 140 valence electrons. The minimum absolute atomic E-state index is 0.00491. The van der Waals surface area contributed by atoms with Gasteiger partial charge in [-0.15, -0.1) is 0 Å². The average molecular weight is 355 g/mol. The Morgan fingerprint density at radius 1 is 1.19 bits per heavy atom. The van der Waals surface area contributed by atoms with Crippen LogP contribution in [-0.2, 0) is 13.1 Å². The molecule has 1 amide bonds. The van der Waals surface area contributed by atoms with Gasteiger partial charge in [0.25, 0.3) is 5.91 Å². The number of hydrogen-bond acceptors (Lipinski definition) is 4. The van der Waals surface area contributed by atoms with E-state index in [-0.39, 0.29) is 5.91 Å². The predicted molar refractivity (Wildman–Crippen MR) is 102 cm³/mol. The number of nitrogens with zero attached hydrogens (tertiary/aromatic N) is 3. The molecule has 1 aliphatic heterocycles. The Bertz CT molecular complexity index is 732. The lowest BCUT2D eigenvalue weighted by Crippen LogP contribution is -2.35. The summed E-state index contributed by atoms with van der Waals surface area (Å²) in [5.74, 6) is 0.599. The van der Waals surface area contributed by atoms with Gasteiger partial charge in [-0.3, -0.25) is 9.69 Å². The number of benzene rings is 1. The Hall–Kier alpha value is -2.14. The molecule has 0 N–H and O–H groups in total. The van der Waals surface area contributed by atoms with Crippen LogP contribution in [0, 0.1) is 6.92 Å². The summed E-state index contributed by atoms with van der Waals surface area (Å²) in [5.41, 5.74) is 3.02. The Morgan fingerprint density at radius 2 is 1.92 bits per heavy atom. The zero-order valence-electron chi connectivity index (χ0n) is 16.1. The molecule has 0 aliphatic carbocycles. The van der Waals surface area contributed by atoms with Crippen molar-refractivity contribution in [3.8, 4) is 0 Å². The first-order valence-electron chi connectivity index (χ1n) is 9.57. The van der Waals surface area contributed by atoms with Crippen molar-refractivity contribution in [3.63, 3.8) is 0 Å². The summed E-state index contributed by atoms with van der Waals surface area (Å²) < 4.78 is 5.62. The second-order valence-electron chi connectivity index (χ2n) is 7.40. The second-order valence-corrected chi connectivity index (χ2v) is 7.40. The number of aromatic nitrogens is 1. The number of oxazole rings is 1. The molecule has 1 fully saturated rings. The molecule has 5 nitrogen and oxygen atoms in total. The van der Waals surface area contributed by atoms with Crippen molar-refractivity contribution in [2.45, 2.75) is 59.2 Å². The molecule has 5 heteroatoms. The number of hydrogen-bond donors (Lipinski definition) is 0. The molecule has 2 aromatic rings. The van der Waals surface area contributed by atoms with E-state index in [1.54, 1.807) is 0 Å². The predicted octanol–water partition coefficient (Wildman–Crippen LogP) is 4.02. The Kier molecular flexibility index (Phi) is 6.09. The van der Waals surface area contributed by atoms with Crippen LogP contribution in [0.3, 0.4) is 0 Å². The highest BCUT2D eigenvalue weighted by atomic mass is 16.3. The van der Waals surface area contributed by atoms with Crippen LogP contribution in [-0.4, -0.2) is 39.8 Å². The third kappa shape index (κ3) is 4.52. The van der Waals surface area contributed by atoms with Crippen molar-refractivity contribution in [1.29, 1.82) is 0 Å². The number of likely N-dealkylation sites (tertiary alicyclic amines) is 1. The van der Waals surface area contributed by atoms with E-state index in [1.807, 2.05) is 4.90 Å². The maximum absolute atomic E-state index is 12.6. The van der Waals surface area contributed by atoms with Crippen LogP contribution in [0.15, 0.2) is 34.9 Å². The van der Waals surface area contributed by atoms with E-state index >= 15 is 0 Å². The summed E-state index contributed by atoms with van der Waals surface area (Å²) in [6.45, 7) is 9.55. The topological polar surface area (TPSA) is 49.6 Å². The van der Waals surface area contributed by atoms with Gasteiger partial charge in [0.05, 0.1) is 6.54 Å². The van der Waals surface area contributed by atoms with Gasteiger partial charge in [0, 0.05) is 25.7 Å². The molecule has 0 atom stereocenters. The van der Waals surface area contributed by atoms with Crippen molar-refractivity contribution < 1.29 is 9.21 Å². The molecular formula is C21H29N3O2. The number of carbonyl (C=O) groups excluding carboxylic acids is 1. The third-order valence-corrected chi connectivity index (χ3v) is 5.12. The van der Waals surface area contributed by atoms with Gasteiger partial charge in [-0.25, -0.2) is 4.98 Å². The summed E-state index contributed by atoms with van der Waals surface area (Å²) in [7, 11) is 0. The van der Waals surface area contributed by atoms with Crippen LogP contribution in [0.2, 0.25) is 0 Å². The summed E-state index contributed by atoms with van der Waals surface area (Å²) in [6, 6.07) is 8.77. The SMILES string of the molecule is Cc1ccccc1CN(Cc1nc(C(=O)N2CCCCC2)co1)C(C)C. The van der Waals surface area contributed by atoms with E-state index in [1.165, 1.54) is 23.8 Å². The molecule has 1 aromatic carbocycles. The second kappa shape index (κ2) is 8.49. The molecule has 0 radical (unpaired) electrons. The smallest absolute Gasteiger partial charge is 0.275 e. The van der Waals surface area contributed by atoms with Crippen molar-refractivity contribution in [2.24, 2.45) is 0 Å². The van der Waals surface area contributed by atoms with E-state index in [0.717, 1.165) is 32.5 Å². The molecule has 0 unspecified atom stereocenters. The zero-order valence-corrected chi connectivity index (χ0v) is 16.1. The first-order chi connectivity index (χ1) is 12.5. The highest BCUT2D eigenvalue weighted by Crippen LogP contribution is 2.17. The van der Waals surface area contributed by atoms with E-state index in [9.17, 15) is 4.79 Å². The average Bonchev–Trinajstić information content (AvgIpc) is 3.11. The molecule has 1 aliphatic rings. The third-order valence-electron chi connectivity index (χ3n) is 5.12. The van der Waals surface area contributed by atoms with E-state index in [0.29, 0.717) is 24.2 Å². The van der Waals surface area contributed by atoms with Crippen molar-refractivity contribution in [1.82, 2.24) is 14.8 Å². The van der Waals surface area contributed by atoms with Crippen LogP contribution >= 0.6 is 0 Å². The molecule has 0 spiro atoms. The van der Waals surface area contributed by atoms with E-state index < -0.39 is 0 Å². The fraction of sp³-hybridized carbons (Fsp3) is 0.524. The monoisotopic (exact) mass is 355 g/mol. The standard InChI is InChI=1S/C21H29N3O2/c1-16(2)24(13-18-10-6-5-9-17(18)3)14-20-22-19(15-26-20)21(25)23-11-7-4-8-12-23/h5-6,9-10,15-16H,4,7-8,11-14H2,1-3H3. The minimum Gasteiger partial charge on any atom is -0.447 e. The summed E-state index contributed by atoms with van der Waals surface area (Å²) in [5, 5.41) is 0. The summed E-state index contributed by atoms with van der Waals surface area (Å²) >= 11 is 0. The van der Waals surface area contributed by atoms with Crippen LogP contribution in [0.1, 0.15) is 60.6 Å². The van der Waals surface area contributed by atoms with Gasteiger partial charge < -0.3 is 9.32 Å². The summed E-state index contributed by atoms with van der Waals surface area (Å²) in [4.78, 5) is 21.2. The highest BCUT2D eigenvalue weighted by Gasteiger charge is 2.22. The van der Waals surface area contributed by atoms with Crippen molar-refractivity contribution >= 4 is 5.91 Å². The maximum atomic E-state index is 12.6. The zero-order chi connectivity index (χ0) is 18.5. The molecule has 26 heavy (non-hydrogen) atoms. The largest absolute Gasteiger partial charge is 0.447 e. The number of rotatable bonds is 6. The fourth-order valence-corrected chi connectivity index (χ4v) is 3.34. The Morgan fingerprint density at radius 3 is 2.62 bits per heavy atom. The molecule has 1 saturated heterocycles. The van der Waals surface area contributed by atoms with Crippen LogP contribution < -0.4 is 0 Å². The minimum atomic E-state index is -0.00491. The lowest BCUT2D eigenvalue weighted by Gasteiger charge is -2.26. The maximum Gasteiger partial charge on any atom is 0.275 e. The lowest BCUT2D eigenvalue weighted by molar-refractivity contribution is 0.0718. The van der Waals surface area contributed by atoms with Gasteiger partial charge >= 0.3 is 0 Å². The molecular weight excluding hydrogens is 326 g/mol. The van der Waals surface area contributed by atoms with Gasteiger partial charge in [-0.2, -0.15) is 0 Å². The van der Waals surface area contributed by atoms with Gasteiger partial charge in [0.15, 0.2) is 5.69 Å². The molecule has 0 saturated carbocycles. The quantitative estimate of drug-likeness (QED) is 0.785. The van der Waals surface area contributed by atoms with Crippen molar-refractivity contribution in [3.05, 3.63) is 53.2 Å². The molecule has 1 aromatic heterocycles. The summed E-state index contributed by atoms with van der Waals surface area (Å²) in [6.07, 6.45) is 4.87. The number of carbonyl (C=O) groups is 1. The van der Waals surface area contributed by atoms with Gasteiger partial charge in [-0.1, -0.05) is 24.3 Å². The van der Waals surface area contributed by atoms with E-state index in [2.05, 4.69) is 54.9 Å². The lowest BCUT2D eigenvalue weighted by atomic mass is 10.1. The number of aryl methyl sites for hydroxylation is 1. The van der Waals surface area contributed by atoms with Crippen LogP contribution in [0.5, 0.6) is 0 Å². The fourth-order valence-electron chi connectivity index (χ4n) is 3.34. The highest BCUT2D eigenvalue weighted by molar-refractivity contribution is 5.92. The molecule has 3 rings (SSSR count). The first-order valence-corrected chi connectivity index (χ1v) is 9.57. The molecule has 2 heterocycles. The van der Waals surface area contributed by atoms with Gasteiger partial charge in [0.1, 0.15) is 6.26 Å². The number of piperidine rings is 1. The normalized spacial score (nSPS) is 15.0.